The van der Waals surface area contributed by atoms with Gasteiger partial charge in [-0.25, -0.2) is 0 Å². The number of amides is 1. The zero-order valence-electron chi connectivity index (χ0n) is 36.8. The van der Waals surface area contributed by atoms with E-state index in [1.807, 2.05) is 45.0 Å². The van der Waals surface area contributed by atoms with Gasteiger partial charge in [0.1, 0.15) is 17.6 Å². The van der Waals surface area contributed by atoms with E-state index < -0.39 is 6.10 Å². The van der Waals surface area contributed by atoms with E-state index >= 15 is 0 Å². The van der Waals surface area contributed by atoms with Crippen LogP contribution in [0.1, 0.15) is 140 Å². The lowest BCUT2D eigenvalue weighted by Gasteiger charge is -2.32. The Balaban J connectivity index is -0.000000650. The first-order valence-corrected chi connectivity index (χ1v) is 20.2. The summed E-state index contributed by atoms with van der Waals surface area (Å²) in [5.41, 5.74) is -0.357. The number of carbonyl (C=O) groups is 1. The van der Waals surface area contributed by atoms with Gasteiger partial charge < -0.3 is 46.8 Å². The Morgan fingerprint density at radius 3 is 1.33 bits per heavy atom. The Labute approximate surface area is 360 Å². The van der Waals surface area contributed by atoms with Crippen LogP contribution in [0, 0.1) is 0 Å². The van der Waals surface area contributed by atoms with E-state index in [0.717, 1.165) is 37.1 Å². The molecule has 11 nitrogen and oxygen atoms in total. The number of hydrogen-bond donors (Lipinski definition) is 0. The number of benzene rings is 1. The number of likely N-dealkylation sites (N-methyl/N-ethyl adjacent to an activating group) is 1. The molecule has 336 valence electrons. The highest BCUT2D eigenvalue weighted by Gasteiger charge is 2.52. The lowest BCUT2D eigenvalue weighted by molar-refractivity contribution is -0.136. The van der Waals surface area contributed by atoms with Gasteiger partial charge in [-0.15, -0.1) is 0 Å². The van der Waals surface area contributed by atoms with Gasteiger partial charge in [0.25, 0.3) is 12.8 Å². The molecule has 0 aromatic heterocycles. The molecule has 0 unspecified atom stereocenters. The number of carbonyl (C=O) groups excluding carboxylic acids is 1. The maximum absolute atomic E-state index is 11.6. The van der Waals surface area contributed by atoms with Crippen molar-refractivity contribution in [2.75, 3.05) is 33.9 Å². The molecule has 1 amide bonds. The Kier molecular flexibility index (Phi) is 29.3. The zero-order chi connectivity index (χ0) is 41.0. The first kappa shape index (κ1) is 60.6. The van der Waals surface area contributed by atoms with E-state index in [-0.39, 0.29) is 87.2 Å². The second-order valence-electron chi connectivity index (χ2n) is 17.6. The number of hydrogen-bond acceptors (Lipinski definition) is 10. The molecule has 1 aromatic carbocycles. The average molecular weight is 821 g/mol. The number of fused-ring (bicyclic) bond motifs is 1. The van der Waals surface area contributed by atoms with E-state index in [0.29, 0.717) is 24.4 Å². The summed E-state index contributed by atoms with van der Waals surface area (Å²) in [6, 6.07) is 7.76. The smallest absolute Gasteiger partial charge is 0.523 e. The quantitative estimate of drug-likeness (QED) is 0.258. The second-order valence-corrected chi connectivity index (χ2v) is 17.6. The van der Waals surface area contributed by atoms with Crippen LogP contribution in [0.4, 0.5) is 0 Å². The van der Waals surface area contributed by atoms with E-state index in [9.17, 15) is 4.79 Å². The van der Waals surface area contributed by atoms with Gasteiger partial charge in [-0.2, -0.15) is 0 Å². The highest BCUT2D eigenvalue weighted by atomic mass is 16.7. The Morgan fingerprint density at radius 2 is 1.05 bits per heavy atom. The van der Waals surface area contributed by atoms with Crippen molar-refractivity contribution in [2.24, 2.45) is 0 Å². The van der Waals surface area contributed by atoms with Crippen LogP contribution < -0.4 is 9.31 Å². The van der Waals surface area contributed by atoms with E-state index in [2.05, 4.69) is 83.1 Å². The van der Waals surface area contributed by atoms with Crippen molar-refractivity contribution in [1.29, 1.82) is 0 Å². The van der Waals surface area contributed by atoms with Crippen molar-refractivity contribution in [3.05, 3.63) is 24.3 Å². The second kappa shape index (κ2) is 28.0. The van der Waals surface area contributed by atoms with E-state index in [1.54, 1.807) is 14.1 Å². The maximum Gasteiger partial charge on any atom is 0.597 e. The number of nitrogens with zero attached hydrogens (tertiary/aromatic N) is 1. The summed E-state index contributed by atoms with van der Waals surface area (Å²) in [6.07, 6.45) is 1.94. The molecular weight excluding hydrogens is 733 g/mol. The lowest BCUT2D eigenvalue weighted by Crippen LogP contribution is -2.41. The summed E-state index contributed by atoms with van der Waals surface area (Å²) in [4.78, 5) is 13.2. The summed E-state index contributed by atoms with van der Waals surface area (Å²) >= 11 is 0. The predicted octanol–water partition coefficient (Wildman–Crippen LogP) is 10.9. The van der Waals surface area contributed by atoms with Crippen LogP contribution in [0.5, 0.6) is 11.5 Å². The van der Waals surface area contributed by atoms with Gasteiger partial charge in [0.15, 0.2) is 0 Å². The van der Waals surface area contributed by atoms with Gasteiger partial charge in [0.2, 0.25) is 0 Å². The third-order valence-corrected chi connectivity index (χ3v) is 9.88. The monoisotopic (exact) mass is 822 g/mol. The predicted molar refractivity (Wildman–Crippen MR) is 251 cm³/mol. The summed E-state index contributed by atoms with van der Waals surface area (Å²) in [7, 11) is 3.11. The topological polar surface area (TPSA) is 103 Å². The van der Waals surface area contributed by atoms with Crippen LogP contribution in [0.15, 0.2) is 24.3 Å². The summed E-state index contributed by atoms with van der Waals surface area (Å²) in [5.74, 6) is 3.99. The molecule has 1 aromatic rings. The molecule has 4 saturated heterocycles. The molecule has 16 heteroatoms. The molecule has 0 N–H and O–H groups in total. The molecule has 0 bridgehead atoms. The van der Waals surface area contributed by atoms with Crippen LogP contribution in [0.2, 0.25) is 35.4 Å². The van der Waals surface area contributed by atoms with Gasteiger partial charge in [-0.3, -0.25) is 4.79 Å². The SMILES string of the molecule is C.C.C.C.CC(C)B1CCCO1.CC(C)B1OC(C)(C)C(C)(C)O1.CC(C)B1OCCO1.CC(C)B1O[C@@H](C)[C@H](C(=O)N(C)C)O1.CC(C)B1Oc2ccccc2O1. The Hall–Kier alpha value is -1.67. The Bertz CT molecular complexity index is 1170. The summed E-state index contributed by atoms with van der Waals surface area (Å²) in [6.45, 7) is 34.3. The highest BCUT2D eigenvalue weighted by molar-refractivity contribution is 6.54. The van der Waals surface area contributed by atoms with Crippen molar-refractivity contribution >= 4 is 41.3 Å². The molecule has 0 aliphatic carbocycles. The molecule has 58 heavy (non-hydrogen) atoms. The summed E-state index contributed by atoms with van der Waals surface area (Å²) < 4.78 is 49.6. The van der Waals surface area contributed by atoms with Gasteiger partial charge in [-0.05, 0) is 82.8 Å². The van der Waals surface area contributed by atoms with Gasteiger partial charge >= 0.3 is 28.5 Å². The Morgan fingerprint density at radius 1 is 0.621 bits per heavy atom. The minimum absolute atomic E-state index is 0. The fourth-order valence-electron chi connectivity index (χ4n) is 5.64. The minimum atomic E-state index is -0.447. The fraction of sp³-hybridized carbons (Fsp3) is 0.833. The third kappa shape index (κ3) is 18.9. The maximum atomic E-state index is 11.6. The van der Waals surface area contributed by atoms with Crippen molar-refractivity contribution in [1.82, 2.24) is 4.90 Å². The average Bonchev–Trinajstić information content (AvgIpc) is 3.93. The molecule has 0 spiro atoms. The molecule has 5 aliphatic rings. The molecule has 0 saturated carbocycles. The fourth-order valence-corrected chi connectivity index (χ4v) is 5.64. The molecule has 2 atom stereocenters. The zero-order valence-corrected chi connectivity index (χ0v) is 36.8. The van der Waals surface area contributed by atoms with Gasteiger partial charge in [0, 0.05) is 26.5 Å². The van der Waals surface area contributed by atoms with Crippen LogP contribution in [-0.4, -0.2) is 104 Å². The van der Waals surface area contributed by atoms with Crippen molar-refractivity contribution in [3.63, 3.8) is 0 Å². The number of para-hydroxylation sites is 2. The minimum Gasteiger partial charge on any atom is -0.523 e. The van der Waals surface area contributed by atoms with Crippen LogP contribution in [-0.2, 0) is 37.4 Å². The third-order valence-electron chi connectivity index (χ3n) is 9.88. The van der Waals surface area contributed by atoms with Crippen molar-refractivity contribution < 1.29 is 46.7 Å². The highest BCUT2D eigenvalue weighted by Crippen LogP contribution is 2.39. The molecule has 6 rings (SSSR count). The van der Waals surface area contributed by atoms with Crippen LogP contribution >= 0.6 is 0 Å². The van der Waals surface area contributed by atoms with E-state index in [1.165, 1.54) is 17.6 Å². The molecule has 0 radical (unpaired) electrons. The first-order valence-electron chi connectivity index (χ1n) is 20.2. The van der Waals surface area contributed by atoms with Gasteiger partial charge in [-0.1, -0.05) is 111 Å². The van der Waals surface area contributed by atoms with Crippen LogP contribution in [0.25, 0.3) is 0 Å². The number of rotatable bonds is 6. The van der Waals surface area contributed by atoms with Crippen molar-refractivity contribution in [3.8, 4) is 11.5 Å². The molecule has 5 heterocycles. The molecule has 4 fully saturated rings. The lowest BCUT2D eigenvalue weighted by atomic mass is 9.56. The van der Waals surface area contributed by atoms with Crippen LogP contribution in [0.3, 0.4) is 0 Å². The standard InChI is InChI=1S/C9H18BNO3.C9H11BO2.C9H19BO2.C6H13BO.C5H11BO2.4CH4/c1-6(2)10-13-7(3)8(14-10)9(12)11(4)5;1-7(2)10-11-8-5-3-4-6-9(8)12-10;1-7(2)10-11-8(3,4)9(5,6)12-10;1-6(2)7-4-3-5-8-7;1-5(2)6-7-3-4-8-6;;;;/h6-8H,1-5H3;3-7H,1-2H3;7H,1-6H3;6H,3-5H2,1-2H3;5H,3-4H2,1-2H3;4*1H4/t7-,8+;;;;;;;;/m0......../s1. The van der Waals surface area contributed by atoms with E-state index in [4.69, 9.17) is 41.9 Å². The first-order chi connectivity index (χ1) is 25.1. The normalized spacial score (nSPS) is 20.7. The summed E-state index contributed by atoms with van der Waals surface area (Å²) in [5, 5.41) is 0. The molecule has 5 aliphatic heterocycles. The molecular formula is C42H88B5NO10. The van der Waals surface area contributed by atoms with Gasteiger partial charge in [0.05, 0.1) is 30.5 Å². The largest absolute Gasteiger partial charge is 0.597 e. The van der Waals surface area contributed by atoms with Crippen molar-refractivity contribution in [2.45, 2.75) is 199 Å².